The number of rotatable bonds is 4. The zero-order chi connectivity index (χ0) is 13.8. The van der Waals surface area contributed by atoms with Crippen LogP contribution in [0, 0.1) is 5.92 Å². The number of piperidine rings is 1. The van der Waals surface area contributed by atoms with E-state index in [2.05, 4.69) is 17.6 Å². The van der Waals surface area contributed by atoms with Crippen LogP contribution in [0.4, 0.5) is 0 Å². The van der Waals surface area contributed by atoms with Gasteiger partial charge in [-0.25, -0.2) is 0 Å². The molecule has 0 radical (unpaired) electrons. The lowest BCUT2D eigenvalue weighted by molar-refractivity contribution is -0.129. The minimum Gasteiger partial charge on any atom is -0.472 e. The Kier molecular flexibility index (Phi) is 4.38. The molecule has 2 heterocycles. The van der Waals surface area contributed by atoms with Crippen LogP contribution in [0.1, 0.15) is 31.9 Å². The summed E-state index contributed by atoms with van der Waals surface area (Å²) in [5, 5.41) is 0. The second-order valence-corrected chi connectivity index (χ2v) is 5.03. The van der Waals surface area contributed by atoms with Crippen LogP contribution in [0.2, 0.25) is 0 Å². The summed E-state index contributed by atoms with van der Waals surface area (Å²) in [6.45, 7) is 8.60. The van der Waals surface area contributed by atoms with Gasteiger partial charge in [0.1, 0.15) is 5.78 Å². The van der Waals surface area contributed by atoms with Crippen molar-refractivity contribution < 1.29 is 9.21 Å². The van der Waals surface area contributed by atoms with Crippen LogP contribution >= 0.6 is 0 Å². The smallest absolute Gasteiger partial charge is 0.139 e. The van der Waals surface area contributed by atoms with Crippen LogP contribution < -0.4 is 0 Å². The highest BCUT2D eigenvalue weighted by Gasteiger charge is 2.38. The van der Waals surface area contributed by atoms with Gasteiger partial charge in [-0.05, 0) is 13.0 Å². The average molecular weight is 259 g/mol. The topological polar surface area (TPSA) is 33.5 Å². The monoisotopic (exact) mass is 259 g/mol. The first-order valence-electron chi connectivity index (χ1n) is 6.73. The first kappa shape index (κ1) is 13.8. The summed E-state index contributed by atoms with van der Waals surface area (Å²) in [6.07, 6.45) is 9.96. The van der Waals surface area contributed by atoms with E-state index >= 15 is 0 Å². The average Bonchev–Trinajstić information content (AvgIpc) is 2.92. The Balaban J connectivity index is 2.35. The molecule has 1 aliphatic heterocycles. The maximum atomic E-state index is 12.2. The molecule has 19 heavy (non-hydrogen) atoms. The van der Waals surface area contributed by atoms with Gasteiger partial charge in [0.25, 0.3) is 0 Å². The highest BCUT2D eigenvalue weighted by molar-refractivity contribution is 5.83. The molecule has 0 aromatic carbocycles. The minimum absolute atomic E-state index is 0.0271. The van der Waals surface area contributed by atoms with Gasteiger partial charge in [0.2, 0.25) is 0 Å². The third-order valence-corrected chi connectivity index (χ3v) is 3.86. The fourth-order valence-electron chi connectivity index (χ4n) is 2.83. The summed E-state index contributed by atoms with van der Waals surface area (Å²) in [5.74, 6) is 0.342. The first-order valence-corrected chi connectivity index (χ1v) is 6.73. The maximum Gasteiger partial charge on any atom is 0.139 e. The van der Waals surface area contributed by atoms with Gasteiger partial charge in [-0.3, -0.25) is 9.69 Å². The standard InChI is InChI=1S/C16H21NO2/c1-4-6-14-12(3)16(18)10-15(17(14)8-5-2)13-7-9-19-11-13/h4-7,9,11-12,14-15H,2,8,10H2,1,3H3/b6-4+/t12-,14-,15-/m0/s1. The van der Waals surface area contributed by atoms with Crippen LogP contribution in [-0.4, -0.2) is 23.3 Å². The predicted octanol–water partition coefficient (Wildman–Crippen LogP) is 3.36. The number of Topliss-reactive ketones (excluding diaryl/α,β-unsaturated/α-hetero) is 1. The lowest BCUT2D eigenvalue weighted by Gasteiger charge is -2.42. The van der Waals surface area contributed by atoms with Gasteiger partial charge in [-0.15, -0.1) is 6.58 Å². The summed E-state index contributed by atoms with van der Waals surface area (Å²) in [5.41, 5.74) is 1.07. The van der Waals surface area contributed by atoms with Gasteiger partial charge in [-0.1, -0.05) is 25.2 Å². The molecular weight excluding hydrogens is 238 g/mol. The zero-order valence-electron chi connectivity index (χ0n) is 11.6. The maximum absolute atomic E-state index is 12.2. The number of furan rings is 1. The molecule has 3 heteroatoms. The number of ketones is 1. The molecule has 0 spiro atoms. The number of hydrogen-bond donors (Lipinski definition) is 0. The Bertz CT molecular complexity index is 461. The van der Waals surface area contributed by atoms with E-state index in [1.54, 1.807) is 12.5 Å². The van der Waals surface area contributed by atoms with E-state index in [0.29, 0.717) is 12.2 Å². The van der Waals surface area contributed by atoms with E-state index in [1.807, 2.05) is 32.1 Å². The summed E-state index contributed by atoms with van der Waals surface area (Å²) in [4.78, 5) is 14.5. The Morgan fingerprint density at radius 2 is 2.37 bits per heavy atom. The molecular formula is C16H21NO2. The van der Waals surface area contributed by atoms with Crippen molar-refractivity contribution in [2.24, 2.45) is 5.92 Å². The molecule has 0 aliphatic carbocycles. The van der Waals surface area contributed by atoms with Crippen LogP contribution in [-0.2, 0) is 4.79 Å². The normalized spacial score (nSPS) is 28.9. The number of hydrogen-bond acceptors (Lipinski definition) is 3. The van der Waals surface area contributed by atoms with Crippen molar-refractivity contribution in [1.82, 2.24) is 4.90 Å². The third-order valence-electron chi connectivity index (χ3n) is 3.86. The van der Waals surface area contributed by atoms with E-state index in [0.717, 1.165) is 12.1 Å². The molecule has 1 saturated heterocycles. The lowest BCUT2D eigenvalue weighted by Crippen LogP contribution is -2.49. The summed E-state index contributed by atoms with van der Waals surface area (Å²) < 4.78 is 5.17. The van der Waals surface area contributed by atoms with Gasteiger partial charge >= 0.3 is 0 Å². The highest BCUT2D eigenvalue weighted by Crippen LogP contribution is 2.36. The van der Waals surface area contributed by atoms with E-state index in [4.69, 9.17) is 4.42 Å². The lowest BCUT2D eigenvalue weighted by atomic mass is 9.83. The molecule has 2 rings (SSSR count). The molecule has 0 N–H and O–H groups in total. The molecule has 1 fully saturated rings. The van der Waals surface area contributed by atoms with Crippen LogP contribution in [0.15, 0.2) is 47.8 Å². The van der Waals surface area contributed by atoms with Crippen LogP contribution in [0.25, 0.3) is 0 Å². The van der Waals surface area contributed by atoms with Crippen molar-refractivity contribution in [2.75, 3.05) is 6.54 Å². The Hall–Kier alpha value is -1.61. The van der Waals surface area contributed by atoms with Crippen molar-refractivity contribution >= 4 is 5.78 Å². The van der Waals surface area contributed by atoms with Crippen LogP contribution in [0.5, 0.6) is 0 Å². The number of carbonyl (C=O) groups excluding carboxylic acids is 1. The molecule has 0 bridgehead atoms. The molecule has 3 nitrogen and oxygen atoms in total. The Morgan fingerprint density at radius 3 is 2.95 bits per heavy atom. The minimum atomic E-state index is 0.0271. The summed E-state index contributed by atoms with van der Waals surface area (Å²) >= 11 is 0. The largest absolute Gasteiger partial charge is 0.472 e. The van der Waals surface area contributed by atoms with Gasteiger partial charge in [0.05, 0.1) is 12.5 Å². The second kappa shape index (κ2) is 6.02. The van der Waals surface area contributed by atoms with Gasteiger partial charge < -0.3 is 4.42 Å². The molecule has 0 saturated carbocycles. The summed E-state index contributed by atoms with van der Waals surface area (Å²) in [7, 11) is 0. The summed E-state index contributed by atoms with van der Waals surface area (Å²) in [6, 6.07) is 2.15. The molecule has 0 amide bonds. The van der Waals surface area contributed by atoms with Gasteiger partial charge in [-0.2, -0.15) is 0 Å². The predicted molar refractivity (Wildman–Crippen MR) is 75.7 cm³/mol. The zero-order valence-corrected chi connectivity index (χ0v) is 11.6. The molecule has 1 aliphatic rings. The van der Waals surface area contributed by atoms with Crippen molar-refractivity contribution in [3.63, 3.8) is 0 Å². The van der Waals surface area contributed by atoms with E-state index < -0.39 is 0 Å². The molecule has 0 unspecified atom stereocenters. The fourth-order valence-corrected chi connectivity index (χ4v) is 2.83. The number of allylic oxidation sites excluding steroid dienone is 1. The van der Waals surface area contributed by atoms with E-state index in [-0.39, 0.29) is 18.0 Å². The van der Waals surface area contributed by atoms with E-state index in [1.165, 1.54) is 0 Å². The Morgan fingerprint density at radius 1 is 1.58 bits per heavy atom. The van der Waals surface area contributed by atoms with Crippen molar-refractivity contribution in [3.05, 3.63) is 49.0 Å². The second-order valence-electron chi connectivity index (χ2n) is 5.03. The molecule has 1 aromatic rings. The fraction of sp³-hybridized carbons (Fsp3) is 0.438. The van der Waals surface area contributed by atoms with E-state index in [9.17, 15) is 4.79 Å². The van der Waals surface area contributed by atoms with Crippen molar-refractivity contribution in [3.8, 4) is 0 Å². The number of carbonyl (C=O) groups is 1. The number of likely N-dealkylation sites (tertiary alicyclic amines) is 1. The van der Waals surface area contributed by atoms with Gasteiger partial charge in [0, 0.05) is 36.5 Å². The van der Waals surface area contributed by atoms with Crippen molar-refractivity contribution in [2.45, 2.75) is 32.4 Å². The van der Waals surface area contributed by atoms with Gasteiger partial charge in [0.15, 0.2) is 0 Å². The molecule has 1 aromatic heterocycles. The molecule has 3 atom stereocenters. The van der Waals surface area contributed by atoms with Crippen molar-refractivity contribution in [1.29, 1.82) is 0 Å². The van der Waals surface area contributed by atoms with Crippen LogP contribution in [0.3, 0.4) is 0 Å². The highest BCUT2D eigenvalue weighted by atomic mass is 16.3. The quantitative estimate of drug-likeness (QED) is 0.777. The number of nitrogens with zero attached hydrogens (tertiary/aromatic N) is 1. The SMILES string of the molecule is C=CCN1[C@H](c2ccoc2)CC(=O)[C@@H](C)[C@@H]1/C=C/C. The third kappa shape index (κ3) is 2.71. The molecule has 102 valence electrons. The Labute approximate surface area is 114 Å². The first-order chi connectivity index (χ1) is 9.19.